The molecular weight excluding hydrogens is 442 g/mol. The minimum atomic E-state index is -0.202. The third kappa shape index (κ3) is 4.93. The molecule has 3 aromatic rings. The van der Waals surface area contributed by atoms with Crippen LogP contribution in [0, 0.1) is 0 Å². The number of benzene rings is 1. The zero-order chi connectivity index (χ0) is 22.6. The van der Waals surface area contributed by atoms with Crippen LogP contribution < -0.4 is 15.0 Å². The number of thiazole rings is 1. The van der Waals surface area contributed by atoms with Gasteiger partial charge in [-0.15, -0.1) is 0 Å². The van der Waals surface area contributed by atoms with Crippen LogP contribution in [-0.4, -0.2) is 80.5 Å². The van der Waals surface area contributed by atoms with Gasteiger partial charge >= 0.3 is 0 Å². The van der Waals surface area contributed by atoms with E-state index in [0.717, 1.165) is 61.0 Å². The van der Waals surface area contributed by atoms with E-state index in [1.54, 1.807) is 19.4 Å². The Morgan fingerprint density at radius 3 is 2.64 bits per heavy atom. The number of methoxy groups -OCH3 is 1. The molecule has 0 unspecified atom stereocenters. The van der Waals surface area contributed by atoms with Gasteiger partial charge in [0.2, 0.25) is 0 Å². The monoisotopic (exact) mass is 469 g/mol. The molecule has 0 aliphatic carbocycles. The van der Waals surface area contributed by atoms with Gasteiger partial charge in [-0.05, 0) is 24.3 Å². The maximum absolute atomic E-state index is 13.0. The lowest BCUT2D eigenvalue weighted by Gasteiger charge is -2.29. The molecule has 174 valence electrons. The van der Waals surface area contributed by atoms with Crippen molar-refractivity contribution in [2.24, 2.45) is 0 Å². The molecule has 2 aliphatic rings. The van der Waals surface area contributed by atoms with Crippen molar-refractivity contribution >= 4 is 38.3 Å². The third-order valence-electron chi connectivity index (χ3n) is 5.85. The van der Waals surface area contributed by atoms with Crippen LogP contribution in [0.1, 0.15) is 16.1 Å². The van der Waals surface area contributed by atoms with Gasteiger partial charge in [0.1, 0.15) is 11.3 Å². The van der Waals surface area contributed by atoms with Gasteiger partial charge in [-0.1, -0.05) is 11.3 Å². The van der Waals surface area contributed by atoms with Crippen LogP contribution >= 0.6 is 11.3 Å². The first kappa shape index (κ1) is 22.0. The number of hydrogen-bond donors (Lipinski definition) is 1. The van der Waals surface area contributed by atoms with E-state index < -0.39 is 0 Å². The van der Waals surface area contributed by atoms with Crippen LogP contribution in [0.25, 0.3) is 10.2 Å². The van der Waals surface area contributed by atoms with Crippen molar-refractivity contribution < 1.29 is 19.0 Å². The normalized spacial score (nSPS) is 17.3. The molecule has 10 heteroatoms. The lowest BCUT2D eigenvalue weighted by atomic mass is 10.2. The first-order valence-corrected chi connectivity index (χ1v) is 11.9. The Labute approximate surface area is 196 Å². The van der Waals surface area contributed by atoms with Gasteiger partial charge < -0.3 is 19.1 Å². The minimum absolute atomic E-state index is 0.202. The summed E-state index contributed by atoms with van der Waals surface area (Å²) in [5, 5.41) is 3.51. The van der Waals surface area contributed by atoms with Crippen LogP contribution in [0.3, 0.4) is 0 Å². The van der Waals surface area contributed by atoms with Gasteiger partial charge in [-0.2, -0.15) is 0 Å². The van der Waals surface area contributed by atoms with E-state index >= 15 is 0 Å². The number of rotatable bonds is 6. The van der Waals surface area contributed by atoms with Crippen LogP contribution in [-0.2, 0) is 16.0 Å². The molecule has 2 aliphatic heterocycles. The molecular formula is C23H27N5O4S. The Hall–Kier alpha value is -2.79. The third-order valence-corrected chi connectivity index (χ3v) is 6.84. The fourth-order valence-electron chi connectivity index (χ4n) is 4.10. The van der Waals surface area contributed by atoms with Crippen molar-refractivity contribution in [3.63, 3.8) is 0 Å². The highest BCUT2D eigenvalue weighted by molar-refractivity contribution is 7.23. The molecule has 1 N–H and O–H groups in total. The second-order valence-electron chi connectivity index (χ2n) is 7.96. The summed E-state index contributed by atoms with van der Waals surface area (Å²) in [5.41, 5.74) is 3.27. The molecule has 5 rings (SSSR count). The molecule has 2 saturated heterocycles. The van der Waals surface area contributed by atoms with E-state index in [9.17, 15) is 4.79 Å². The lowest BCUT2D eigenvalue weighted by Crippen LogP contribution is -2.36. The SMILES string of the molecule is COc1ccc(N2CCOCC2)c2sc(NC(=O)c3ccnc(CN4CCOCC4)c3)nc12. The van der Waals surface area contributed by atoms with Crippen LogP contribution in [0.2, 0.25) is 0 Å². The molecule has 33 heavy (non-hydrogen) atoms. The largest absolute Gasteiger partial charge is 0.494 e. The van der Waals surface area contributed by atoms with E-state index in [0.29, 0.717) is 36.2 Å². The summed E-state index contributed by atoms with van der Waals surface area (Å²) in [5.74, 6) is 0.488. The number of anilines is 2. The van der Waals surface area contributed by atoms with E-state index in [1.165, 1.54) is 11.3 Å². The molecule has 1 aromatic carbocycles. The van der Waals surface area contributed by atoms with E-state index in [4.69, 9.17) is 14.2 Å². The number of carbonyl (C=O) groups excluding carboxylic acids is 1. The lowest BCUT2D eigenvalue weighted by molar-refractivity contribution is 0.0336. The molecule has 1 amide bonds. The number of carbonyl (C=O) groups is 1. The smallest absolute Gasteiger partial charge is 0.257 e. The van der Waals surface area contributed by atoms with Gasteiger partial charge in [-0.25, -0.2) is 4.98 Å². The minimum Gasteiger partial charge on any atom is -0.494 e. The molecule has 0 radical (unpaired) electrons. The highest BCUT2D eigenvalue weighted by Gasteiger charge is 2.20. The maximum Gasteiger partial charge on any atom is 0.257 e. The van der Waals surface area contributed by atoms with Crippen molar-refractivity contribution in [2.45, 2.75) is 6.54 Å². The Morgan fingerprint density at radius 1 is 1.12 bits per heavy atom. The zero-order valence-electron chi connectivity index (χ0n) is 18.6. The topological polar surface area (TPSA) is 89.1 Å². The van der Waals surface area contributed by atoms with Gasteiger partial charge in [0.05, 0.1) is 49.6 Å². The van der Waals surface area contributed by atoms with Crippen molar-refractivity contribution in [1.29, 1.82) is 0 Å². The van der Waals surface area contributed by atoms with Crippen molar-refractivity contribution in [2.75, 3.05) is 69.9 Å². The fourth-order valence-corrected chi connectivity index (χ4v) is 5.12. The van der Waals surface area contributed by atoms with Crippen LogP contribution in [0.4, 0.5) is 10.8 Å². The average molecular weight is 470 g/mol. The molecule has 0 atom stereocenters. The maximum atomic E-state index is 13.0. The molecule has 0 saturated carbocycles. The highest BCUT2D eigenvalue weighted by atomic mass is 32.1. The summed E-state index contributed by atoms with van der Waals surface area (Å²) in [6.07, 6.45) is 1.68. The second-order valence-corrected chi connectivity index (χ2v) is 8.96. The van der Waals surface area contributed by atoms with Gasteiger partial charge in [0, 0.05) is 44.5 Å². The first-order valence-electron chi connectivity index (χ1n) is 11.1. The Kier molecular flexibility index (Phi) is 6.68. The van der Waals surface area contributed by atoms with Crippen molar-refractivity contribution in [1.82, 2.24) is 14.9 Å². The number of nitrogens with zero attached hydrogens (tertiary/aromatic N) is 4. The summed E-state index contributed by atoms with van der Waals surface area (Å²) in [4.78, 5) is 26.7. The zero-order valence-corrected chi connectivity index (χ0v) is 19.4. The number of morpholine rings is 2. The van der Waals surface area contributed by atoms with Gasteiger partial charge in [0.15, 0.2) is 5.13 Å². The van der Waals surface area contributed by atoms with Gasteiger partial charge in [-0.3, -0.25) is 20.0 Å². The quantitative estimate of drug-likeness (QED) is 0.589. The van der Waals surface area contributed by atoms with Gasteiger partial charge in [0.25, 0.3) is 5.91 Å². The summed E-state index contributed by atoms with van der Waals surface area (Å²) < 4.78 is 17.4. The molecule has 4 heterocycles. The number of amides is 1. The summed E-state index contributed by atoms with van der Waals surface area (Å²) in [6, 6.07) is 7.55. The molecule has 2 aromatic heterocycles. The molecule has 0 bridgehead atoms. The molecule has 9 nitrogen and oxygen atoms in total. The molecule has 2 fully saturated rings. The number of hydrogen-bond acceptors (Lipinski definition) is 9. The number of pyridine rings is 1. The number of nitrogens with one attached hydrogen (secondary N) is 1. The summed E-state index contributed by atoms with van der Waals surface area (Å²) in [6.45, 7) is 6.95. The van der Waals surface area contributed by atoms with Crippen LogP contribution in [0.5, 0.6) is 5.75 Å². The summed E-state index contributed by atoms with van der Waals surface area (Å²) in [7, 11) is 1.63. The fraction of sp³-hybridized carbons (Fsp3) is 0.435. The number of fused-ring (bicyclic) bond motifs is 1. The highest BCUT2D eigenvalue weighted by Crippen LogP contribution is 2.39. The number of aromatic nitrogens is 2. The van der Waals surface area contributed by atoms with E-state index in [1.807, 2.05) is 12.1 Å². The standard InChI is InChI=1S/C23H27N5O4S/c1-30-19-3-2-18(28-8-12-32-13-9-28)21-20(19)25-23(33-21)26-22(29)16-4-5-24-17(14-16)15-27-6-10-31-11-7-27/h2-5,14H,6-13,15H2,1H3,(H,25,26,29). The second kappa shape index (κ2) is 10.0. The predicted molar refractivity (Wildman–Crippen MR) is 127 cm³/mol. The average Bonchev–Trinajstić information content (AvgIpc) is 3.28. The molecule has 0 spiro atoms. The number of ether oxygens (including phenoxy) is 3. The Balaban J connectivity index is 1.36. The summed E-state index contributed by atoms with van der Waals surface area (Å²) >= 11 is 1.46. The Morgan fingerprint density at radius 2 is 1.88 bits per heavy atom. The van der Waals surface area contributed by atoms with Crippen LogP contribution in [0.15, 0.2) is 30.5 Å². The first-order chi connectivity index (χ1) is 16.2. The van der Waals surface area contributed by atoms with Crippen molar-refractivity contribution in [3.05, 3.63) is 41.7 Å². The van der Waals surface area contributed by atoms with Crippen molar-refractivity contribution in [3.8, 4) is 5.75 Å². The Bertz CT molecular complexity index is 1130. The van der Waals surface area contributed by atoms with E-state index in [2.05, 4.69) is 31.2 Å². The van der Waals surface area contributed by atoms with E-state index in [-0.39, 0.29) is 5.91 Å². The predicted octanol–water partition coefficient (Wildman–Crippen LogP) is 2.62.